The normalized spacial score (nSPS) is 12.9. The highest BCUT2D eigenvalue weighted by Gasteiger charge is 2.34. The molecule has 220 valence electrons. The van der Waals surface area contributed by atoms with Crippen LogP contribution in [0.1, 0.15) is 61.4 Å². The van der Waals surface area contributed by atoms with Crippen LogP contribution in [0, 0.1) is 27.7 Å². The summed E-state index contributed by atoms with van der Waals surface area (Å²) in [4.78, 5) is 29.3. The summed E-state index contributed by atoms with van der Waals surface area (Å²) in [6.07, 6.45) is 1.14. The van der Waals surface area contributed by atoms with Gasteiger partial charge in [0.25, 0.3) is 10.0 Å². The molecule has 0 aromatic heterocycles. The molecule has 0 aliphatic carbocycles. The first-order valence-electron chi connectivity index (χ1n) is 14.2. The Morgan fingerprint density at radius 3 is 2.12 bits per heavy atom. The molecule has 1 N–H and O–H groups in total. The van der Waals surface area contributed by atoms with E-state index in [4.69, 9.17) is 0 Å². The van der Waals surface area contributed by atoms with Crippen molar-refractivity contribution in [2.24, 2.45) is 0 Å². The number of carbonyl (C=O) groups excluding carboxylic acids is 2. The molecule has 3 aromatic rings. The zero-order valence-electron chi connectivity index (χ0n) is 25.3. The average molecular weight is 578 g/mol. The Morgan fingerprint density at radius 2 is 1.51 bits per heavy atom. The van der Waals surface area contributed by atoms with E-state index in [0.717, 1.165) is 34.2 Å². The number of hydrogen-bond donors (Lipinski definition) is 1. The van der Waals surface area contributed by atoms with Gasteiger partial charge in [-0.25, -0.2) is 8.42 Å². The third kappa shape index (κ3) is 7.76. The molecule has 8 heteroatoms. The SMILES string of the molecule is CC[C@@H](C)NC(=O)[C@H](CC)N(Cc1cccc(C)c1)C(=O)CN(c1cccc(C)c1C)S(=O)(=O)c1ccc(C)cc1. The first-order valence-corrected chi connectivity index (χ1v) is 15.6. The topological polar surface area (TPSA) is 86.8 Å². The fourth-order valence-electron chi connectivity index (χ4n) is 4.72. The first-order chi connectivity index (χ1) is 19.4. The molecule has 0 aliphatic rings. The minimum Gasteiger partial charge on any atom is -0.352 e. The van der Waals surface area contributed by atoms with Gasteiger partial charge in [0.2, 0.25) is 11.8 Å². The number of rotatable bonds is 12. The van der Waals surface area contributed by atoms with E-state index in [1.54, 1.807) is 36.4 Å². The van der Waals surface area contributed by atoms with E-state index < -0.39 is 28.5 Å². The monoisotopic (exact) mass is 577 g/mol. The number of sulfonamides is 1. The second kappa shape index (κ2) is 13.8. The fourth-order valence-corrected chi connectivity index (χ4v) is 6.20. The van der Waals surface area contributed by atoms with Crippen molar-refractivity contribution in [2.75, 3.05) is 10.8 Å². The van der Waals surface area contributed by atoms with E-state index in [-0.39, 0.29) is 23.4 Å². The minimum absolute atomic E-state index is 0.0548. The third-order valence-corrected chi connectivity index (χ3v) is 9.33. The predicted octanol–water partition coefficient (Wildman–Crippen LogP) is 5.84. The zero-order chi connectivity index (χ0) is 30.3. The van der Waals surface area contributed by atoms with E-state index in [0.29, 0.717) is 12.1 Å². The lowest BCUT2D eigenvalue weighted by atomic mass is 10.1. The average Bonchev–Trinajstić information content (AvgIpc) is 2.93. The Hall–Kier alpha value is -3.65. The van der Waals surface area contributed by atoms with Crippen LogP contribution >= 0.6 is 0 Å². The summed E-state index contributed by atoms with van der Waals surface area (Å²) < 4.78 is 29.4. The molecule has 2 atom stereocenters. The number of nitrogens with one attached hydrogen (secondary N) is 1. The lowest BCUT2D eigenvalue weighted by molar-refractivity contribution is -0.140. The van der Waals surface area contributed by atoms with Gasteiger partial charge in [0.05, 0.1) is 10.6 Å². The summed E-state index contributed by atoms with van der Waals surface area (Å²) in [6.45, 7) is 13.1. The maximum absolute atomic E-state index is 14.2. The molecule has 0 aliphatic heterocycles. The van der Waals surface area contributed by atoms with Crippen molar-refractivity contribution in [3.8, 4) is 0 Å². The largest absolute Gasteiger partial charge is 0.352 e. The van der Waals surface area contributed by atoms with Gasteiger partial charge in [-0.1, -0.05) is 73.5 Å². The number of amides is 2. The fraction of sp³-hybridized carbons (Fsp3) is 0.394. The van der Waals surface area contributed by atoms with Crippen molar-refractivity contribution < 1.29 is 18.0 Å². The van der Waals surface area contributed by atoms with Crippen LogP contribution in [0.4, 0.5) is 5.69 Å². The highest BCUT2D eigenvalue weighted by atomic mass is 32.2. The zero-order valence-corrected chi connectivity index (χ0v) is 26.1. The van der Waals surface area contributed by atoms with E-state index in [1.165, 1.54) is 9.21 Å². The molecule has 0 unspecified atom stereocenters. The molecule has 3 rings (SSSR count). The Kier molecular flexibility index (Phi) is 10.7. The molecule has 41 heavy (non-hydrogen) atoms. The second-order valence-electron chi connectivity index (χ2n) is 10.8. The Bertz CT molecular complexity index is 1470. The first kappa shape index (κ1) is 31.9. The number of carbonyl (C=O) groups is 2. The van der Waals surface area contributed by atoms with Crippen LogP contribution in [0.2, 0.25) is 0 Å². The smallest absolute Gasteiger partial charge is 0.264 e. The molecule has 0 radical (unpaired) electrons. The van der Waals surface area contributed by atoms with Gasteiger partial charge in [-0.15, -0.1) is 0 Å². The summed E-state index contributed by atoms with van der Waals surface area (Å²) in [5.74, 6) is -0.697. The van der Waals surface area contributed by atoms with E-state index in [9.17, 15) is 18.0 Å². The van der Waals surface area contributed by atoms with E-state index in [2.05, 4.69) is 5.32 Å². The quantitative estimate of drug-likeness (QED) is 0.293. The molecule has 0 heterocycles. The van der Waals surface area contributed by atoms with Crippen molar-refractivity contribution in [2.45, 2.75) is 84.8 Å². The second-order valence-corrected chi connectivity index (χ2v) is 12.7. The number of aryl methyl sites for hydroxylation is 3. The van der Waals surface area contributed by atoms with Crippen LogP contribution in [0.3, 0.4) is 0 Å². The Morgan fingerprint density at radius 1 is 0.854 bits per heavy atom. The molecule has 0 fully saturated rings. The van der Waals surface area contributed by atoms with Crippen molar-refractivity contribution in [1.82, 2.24) is 10.2 Å². The molecule has 0 spiro atoms. The lowest BCUT2D eigenvalue weighted by Crippen LogP contribution is -2.53. The van der Waals surface area contributed by atoms with Gasteiger partial charge in [0, 0.05) is 12.6 Å². The van der Waals surface area contributed by atoms with Crippen LogP contribution in [0.5, 0.6) is 0 Å². The van der Waals surface area contributed by atoms with Gasteiger partial charge < -0.3 is 10.2 Å². The van der Waals surface area contributed by atoms with Crippen LogP contribution in [-0.4, -0.2) is 43.8 Å². The van der Waals surface area contributed by atoms with Crippen LogP contribution in [-0.2, 0) is 26.2 Å². The van der Waals surface area contributed by atoms with Crippen molar-refractivity contribution in [3.05, 3.63) is 94.5 Å². The summed E-state index contributed by atoms with van der Waals surface area (Å²) in [5, 5.41) is 3.01. The molecule has 0 bridgehead atoms. The van der Waals surface area contributed by atoms with Crippen LogP contribution in [0.25, 0.3) is 0 Å². The van der Waals surface area contributed by atoms with Gasteiger partial charge in [-0.2, -0.15) is 0 Å². The van der Waals surface area contributed by atoms with Gasteiger partial charge in [0.15, 0.2) is 0 Å². The van der Waals surface area contributed by atoms with Crippen molar-refractivity contribution >= 4 is 27.5 Å². The standard InChI is InChI=1S/C33H43N3O4S/c1-8-26(6)34-33(38)30(9-2)35(21-28-14-10-12-24(4)20-28)32(37)22-36(31-15-11-13-25(5)27(31)7)41(39,40)29-18-16-23(3)17-19-29/h10-20,26,30H,8-9,21-22H2,1-7H3,(H,34,38)/t26-,30+/m1/s1. The summed E-state index contributed by atoms with van der Waals surface area (Å²) in [6, 6.07) is 19.0. The van der Waals surface area contributed by atoms with Gasteiger partial charge in [-0.05, 0) is 82.3 Å². The van der Waals surface area contributed by atoms with E-state index in [1.807, 2.05) is 78.8 Å². The van der Waals surface area contributed by atoms with Crippen LogP contribution < -0.4 is 9.62 Å². The van der Waals surface area contributed by atoms with Crippen molar-refractivity contribution in [3.63, 3.8) is 0 Å². The third-order valence-electron chi connectivity index (χ3n) is 7.55. The Labute approximate surface area is 245 Å². The summed E-state index contributed by atoms with van der Waals surface area (Å²) in [7, 11) is -4.11. The molecule has 2 amide bonds. The van der Waals surface area contributed by atoms with E-state index >= 15 is 0 Å². The molecular formula is C33H43N3O4S. The molecule has 0 saturated carbocycles. The lowest BCUT2D eigenvalue weighted by Gasteiger charge is -2.34. The molecule has 3 aromatic carbocycles. The highest BCUT2D eigenvalue weighted by molar-refractivity contribution is 7.92. The van der Waals surface area contributed by atoms with Gasteiger partial charge >= 0.3 is 0 Å². The maximum Gasteiger partial charge on any atom is 0.264 e. The van der Waals surface area contributed by atoms with Gasteiger partial charge in [-0.3, -0.25) is 13.9 Å². The molecular weight excluding hydrogens is 534 g/mol. The summed E-state index contributed by atoms with van der Waals surface area (Å²) >= 11 is 0. The molecule has 0 saturated heterocycles. The van der Waals surface area contributed by atoms with Crippen molar-refractivity contribution in [1.29, 1.82) is 0 Å². The Balaban J connectivity index is 2.10. The number of benzene rings is 3. The van der Waals surface area contributed by atoms with Crippen LogP contribution in [0.15, 0.2) is 71.6 Å². The number of hydrogen-bond acceptors (Lipinski definition) is 4. The molecule has 7 nitrogen and oxygen atoms in total. The maximum atomic E-state index is 14.2. The minimum atomic E-state index is -4.11. The predicted molar refractivity (Wildman–Crippen MR) is 165 cm³/mol. The number of nitrogens with zero attached hydrogens (tertiary/aromatic N) is 2. The summed E-state index contributed by atoms with van der Waals surface area (Å²) in [5.41, 5.74) is 4.95. The highest BCUT2D eigenvalue weighted by Crippen LogP contribution is 2.29. The van der Waals surface area contributed by atoms with Gasteiger partial charge in [0.1, 0.15) is 12.6 Å². The number of anilines is 1.